The van der Waals surface area contributed by atoms with Gasteiger partial charge >= 0.3 is 0 Å². The normalized spacial score (nSPS) is 16.3. The number of aromatic nitrogens is 3. The smallest absolute Gasteiger partial charge is 0.291 e. The molecule has 2 aromatic heterocycles. The first-order valence-electron chi connectivity index (χ1n) is 14.3. The number of β-amino-alcohol motifs (C(OH)–C–C–N with tert-alkyl or cyclic N) is 1. The van der Waals surface area contributed by atoms with Crippen molar-refractivity contribution in [3.8, 4) is 28.3 Å². The number of fused-ring (bicyclic) bond motifs is 1. The zero-order chi connectivity index (χ0) is 31.2. The summed E-state index contributed by atoms with van der Waals surface area (Å²) in [5.74, 6) is 0.417. The summed E-state index contributed by atoms with van der Waals surface area (Å²) in [6.45, 7) is 1.83. The predicted molar refractivity (Wildman–Crippen MR) is 169 cm³/mol. The number of hydrogen-bond donors (Lipinski definition) is 2. The molecule has 9 nitrogen and oxygen atoms in total. The summed E-state index contributed by atoms with van der Waals surface area (Å²) in [5, 5.41) is 13.7. The summed E-state index contributed by atoms with van der Waals surface area (Å²) < 4.78 is 20.4. The molecule has 1 saturated heterocycles. The molecule has 0 spiro atoms. The second-order valence-corrected chi connectivity index (χ2v) is 12.3. The van der Waals surface area contributed by atoms with Crippen molar-refractivity contribution in [3.05, 3.63) is 81.4 Å². The Morgan fingerprint density at radius 2 is 1.75 bits per heavy atom. The van der Waals surface area contributed by atoms with Crippen LogP contribution in [-0.2, 0) is 26.6 Å². The second kappa shape index (κ2) is 12.1. The van der Waals surface area contributed by atoms with Gasteiger partial charge < -0.3 is 24.6 Å². The maximum Gasteiger partial charge on any atom is 0.291 e. The first-order chi connectivity index (χ1) is 21.1. The van der Waals surface area contributed by atoms with Crippen molar-refractivity contribution in [1.82, 2.24) is 24.3 Å². The van der Waals surface area contributed by atoms with Crippen molar-refractivity contribution >= 4 is 34.8 Å². The van der Waals surface area contributed by atoms with Crippen molar-refractivity contribution in [2.24, 2.45) is 7.05 Å². The number of likely N-dealkylation sites (tertiary alicyclic amines) is 1. The first-order valence-corrected chi connectivity index (χ1v) is 15.0. The lowest BCUT2D eigenvalue weighted by atomic mass is 9.95. The molecule has 4 aromatic rings. The van der Waals surface area contributed by atoms with Crippen molar-refractivity contribution < 1.29 is 19.0 Å². The molecule has 0 radical (unpaired) electrons. The van der Waals surface area contributed by atoms with Gasteiger partial charge in [0.15, 0.2) is 5.82 Å². The number of carbonyl (C=O) groups excluding carboxylic acids is 1. The average molecular weight is 640 g/mol. The number of likely N-dealkylation sites (N-methyl/N-ethyl adjacent to an activating group) is 1. The highest BCUT2D eigenvalue weighted by Crippen LogP contribution is 2.41. The number of nitrogens with one attached hydrogen (secondary N) is 1. The third-order valence-electron chi connectivity index (χ3n) is 8.27. The minimum atomic E-state index is -1.27. The van der Waals surface area contributed by atoms with E-state index in [4.69, 9.17) is 32.9 Å². The van der Waals surface area contributed by atoms with E-state index in [-0.39, 0.29) is 19.0 Å². The minimum Gasteiger partial charge on any atom is -0.481 e. The van der Waals surface area contributed by atoms with Crippen LogP contribution >= 0.6 is 23.2 Å². The van der Waals surface area contributed by atoms with Gasteiger partial charge in [-0.1, -0.05) is 59.6 Å². The summed E-state index contributed by atoms with van der Waals surface area (Å²) >= 11 is 13.9. The van der Waals surface area contributed by atoms with Gasteiger partial charge in [-0.25, -0.2) is 14.4 Å². The largest absolute Gasteiger partial charge is 0.481 e. The van der Waals surface area contributed by atoms with E-state index in [1.165, 1.54) is 0 Å². The fourth-order valence-corrected chi connectivity index (χ4v) is 6.55. The zero-order valence-corrected chi connectivity index (χ0v) is 26.2. The first kappa shape index (κ1) is 30.5. The van der Waals surface area contributed by atoms with E-state index in [0.717, 1.165) is 29.9 Å². The maximum absolute atomic E-state index is 13.3. The Morgan fingerprint density at radius 1 is 1.05 bits per heavy atom. The number of alkyl halides is 1. The molecule has 12 heteroatoms. The number of aliphatic hydroxyl groups is 1. The topological polar surface area (TPSA) is 95.7 Å². The van der Waals surface area contributed by atoms with Crippen LogP contribution in [0.5, 0.6) is 5.88 Å². The molecule has 1 fully saturated rings. The van der Waals surface area contributed by atoms with Gasteiger partial charge in [0.25, 0.3) is 5.91 Å². The Morgan fingerprint density at radius 3 is 2.48 bits per heavy atom. The summed E-state index contributed by atoms with van der Waals surface area (Å²) in [7, 11) is 5.44. The van der Waals surface area contributed by atoms with Crippen LogP contribution in [0.25, 0.3) is 22.4 Å². The van der Waals surface area contributed by atoms with E-state index in [0.29, 0.717) is 62.9 Å². The average Bonchev–Trinajstić information content (AvgIpc) is 3.33. The van der Waals surface area contributed by atoms with Crippen LogP contribution in [-0.4, -0.2) is 81.4 Å². The molecule has 0 saturated carbocycles. The highest BCUT2D eigenvalue weighted by atomic mass is 35.5. The number of rotatable bonds is 8. The van der Waals surface area contributed by atoms with Crippen molar-refractivity contribution in [1.29, 1.82) is 0 Å². The minimum absolute atomic E-state index is 0.254. The highest BCUT2D eigenvalue weighted by Gasteiger charge is 2.41. The van der Waals surface area contributed by atoms with Gasteiger partial charge in [-0.3, -0.25) is 9.69 Å². The monoisotopic (exact) mass is 638 g/mol. The maximum atomic E-state index is 13.3. The van der Waals surface area contributed by atoms with Crippen molar-refractivity contribution in [2.45, 2.75) is 25.1 Å². The van der Waals surface area contributed by atoms with E-state index in [2.05, 4.69) is 15.2 Å². The summed E-state index contributed by atoms with van der Waals surface area (Å²) in [4.78, 5) is 26.8. The molecule has 1 amide bonds. The SMILES string of the molecule is COc1nc(-c2cccc(-c3cccc(NC(=O)c4nc5c(n4C)CCN(C)C5)c3Cl)c2Cl)ccc1CN1CC(O)(CF)C1. The zero-order valence-electron chi connectivity index (χ0n) is 24.7. The lowest BCUT2D eigenvalue weighted by molar-refractivity contribution is -0.113. The molecule has 2 aliphatic rings. The molecular weight excluding hydrogens is 606 g/mol. The number of anilines is 1. The molecule has 230 valence electrons. The molecule has 44 heavy (non-hydrogen) atoms. The summed E-state index contributed by atoms with van der Waals surface area (Å²) in [6.07, 6.45) is 0.834. The number of hydrogen-bond acceptors (Lipinski definition) is 7. The second-order valence-electron chi connectivity index (χ2n) is 11.5. The Labute approximate surface area is 265 Å². The number of benzene rings is 2. The Bertz CT molecular complexity index is 1740. The Hall–Kier alpha value is -3.54. The van der Waals surface area contributed by atoms with E-state index in [1.54, 1.807) is 13.2 Å². The Kier molecular flexibility index (Phi) is 8.38. The molecule has 0 bridgehead atoms. The van der Waals surface area contributed by atoms with Gasteiger partial charge in [-0.2, -0.15) is 0 Å². The van der Waals surface area contributed by atoms with Gasteiger partial charge in [0.1, 0.15) is 12.3 Å². The number of nitrogens with zero attached hydrogens (tertiary/aromatic N) is 5. The fraction of sp³-hybridized carbons (Fsp3) is 0.344. The number of carbonyl (C=O) groups is 1. The van der Waals surface area contributed by atoms with Gasteiger partial charge in [-0.05, 0) is 19.2 Å². The summed E-state index contributed by atoms with van der Waals surface area (Å²) in [5.41, 5.74) is 4.59. The predicted octanol–water partition coefficient (Wildman–Crippen LogP) is 5.22. The quantitative estimate of drug-likeness (QED) is 0.273. The van der Waals surface area contributed by atoms with E-state index in [9.17, 15) is 14.3 Å². The van der Waals surface area contributed by atoms with Crippen LogP contribution in [0.15, 0.2) is 48.5 Å². The molecule has 2 aliphatic heterocycles. The molecule has 2 N–H and O–H groups in total. The van der Waals surface area contributed by atoms with E-state index < -0.39 is 12.3 Å². The van der Waals surface area contributed by atoms with E-state index in [1.807, 2.05) is 66.0 Å². The van der Waals surface area contributed by atoms with Gasteiger partial charge in [0.2, 0.25) is 5.88 Å². The van der Waals surface area contributed by atoms with E-state index >= 15 is 0 Å². The van der Waals surface area contributed by atoms with Crippen LogP contribution in [0, 0.1) is 0 Å². The number of imidazole rings is 1. The van der Waals surface area contributed by atoms with Crippen molar-refractivity contribution in [3.63, 3.8) is 0 Å². The highest BCUT2D eigenvalue weighted by molar-refractivity contribution is 6.39. The molecule has 2 aromatic carbocycles. The molecule has 0 atom stereocenters. The third kappa shape index (κ3) is 5.68. The Balaban J connectivity index is 1.25. The van der Waals surface area contributed by atoms with Crippen LogP contribution in [0.1, 0.15) is 27.6 Å². The van der Waals surface area contributed by atoms with Gasteiger partial charge in [0, 0.05) is 74.1 Å². The van der Waals surface area contributed by atoms with Gasteiger partial charge in [0.05, 0.1) is 34.2 Å². The number of pyridine rings is 1. The lowest BCUT2D eigenvalue weighted by Crippen LogP contribution is -2.62. The fourth-order valence-electron chi connectivity index (χ4n) is 5.95. The molecule has 0 unspecified atom stereocenters. The third-order valence-corrected chi connectivity index (χ3v) is 9.09. The molecule has 4 heterocycles. The lowest BCUT2D eigenvalue weighted by Gasteiger charge is -2.44. The summed E-state index contributed by atoms with van der Waals surface area (Å²) in [6, 6.07) is 14.8. The standard InChI is InChI=1S/C32H33Cl2FN6O3/c1-39-13-12-26-25(15-39)36-29(40(26)2)30(42)37-24-9-5-7-21(28(24)34)20-6-4-8-22(27(20)33)23-11-10-19(31(38-23)44-3)14-41-17-32(43,16-35)18-41/h4-11,43H,12-18H2,1-3H3,(H,37,42). The molecule has 0 aliphatic carbocycles. The number of ether oxygens (including phenoxy) is 1. The number of halogens is 3. The van der Waals surface area contributed by atoms with Crippen LogP contribution in [0.2, 0.25) is 10.0 Å². The number of methoxy groups -OCH3 is 1. The van der Waals surface area contributed by atoms with Gasteiger partial charge in [-0.15, -0.1) is 0 Å². The van der Waals surface area contributed by atoms with Crippen LogP contribution in [0.4, 0.5) is 10.1 Å². The van der Waals surface area contributed by atoms with Crippen LogP contribution in [0.3, 0.4) is 0 Å². The molecule has 6 rings (SSSR count). The number of amides is 1. The van der Waals surface area contributed by atoms with Crippen molar-refractivity contribution in [2.75, 3.05) is 45.8 Å². The van der Waals surface area contributed by atoms with Crippen LogP contribution < -0.4 is 10.1 Å². The molecular formula is C32H33Cl2FN6O3.